The molecule has 1 aromatic heterocycles. The molecule has 0 radical (unpaired) electrons. The van der Waals surface area contributed by atoms with Gasteiger partial charge in [-0.15, -0.1) is 0 Å². The number of pyridine rings is 1. The topological polar surface area (TPSA) is 28.5 Å². The highest BCUT2D eigenvalue weighted by atomic mass is 15.2. The summed E-state index contributed by atoms with van der Waals surface area (Å²) in [6, 6.07) is 4.04. The number of hydrogen-bond donors (Lipinski definition) is 0. The Bertz CT molecular complexity index is 432. The lowest BCUT2D eigenvalue weighted by Crippen LogP contribution is -2.21. The Hall–Kier alpha value is -1.90. The van der Waals surface area contributed by atoms with Crippen LogP contribution in [0.5, 0.6) is 0 Å². The third-order valence-corrected chi connectivity index (χ3v) is 2.37. The van der Waals surface area contributed by atoms with E-state index in [0.717, 1.165) is 18.1 Å². The largest absolute Gasteiger partial charge is 0.317 e. The van der Waals surface area contributed by atoms with Gasteiger partial charge in [-0.25, -0.2) is 9.98 Å². The van der Waals surface area contributed by atoms with E-state index >= 15 is 0 Å². The minimum absolute atomic E-state index is 0.848. The lowest BCUT2D eigenvalue weighted by molar-refractivity contribution is 1.18. The zero-order chi connectivity index (χ0) is 10.7. The molecule has 3 nitrogen and oxygen atoms in total. The third kappa shape index (κ3) is 1.81. The number of aromatic nitrogens is 1. The van der Waals surface area contributed by atoms with Crippen molar-refractivity contribution in [1.82, 2.24) is 4.98 Å². The molecule has 0 amide bonds. The van der Waals surface area contributed by atoms with E-state index in [9.17, 15) is 0 Å². The van der Waals surface area contributed by atoms with E-state index in [1.807, 2.05) is 24.1 Å². The van der Waals surface area contributed by atoms with Gasteiger partial charge in [0, 0.05) is 31.4 Å². The molecule has 76 valence electrons. The summed E-state index contributed by atoms with van der Waals surface area (Å²) in [5, 5.41) is 0. The van der Waals surface area contributed by atoms with Crippen LogP contribution in [-0.4, -0.2) is 17.9 Å². The Balaban J connectivity index is 2.27. The first-order valence-corrected chi connectivity index (χ1v) is 4.85. The molecule has 15 heavy (non-hydrogen) atoms. The van der Waals surface area contributed by atoms with Crippen molar-refractivity contribution >= 4 is 11.7 Å². The number of hydrogen-bond acceptors (Lipinski definition) is 2. The van der Waals surface area contributed by atoms with Crippen molar-refractivity contribution in [2.24, 2.45) is 4.99 Å². The second-order valence-electron chi connectivity index (χ2n) is 3.34. The predicted octanol–water partition coefficient (Wildman–Crippen LogP) is 2.17. The van der Waals surface area contributed by atoms with Gasteiger partial charge in [0.25, 0.3) is 0 Å². The molecule has 0 N–H and O–H groups in total. The number of likely N-dealkylation sites (N-methyl/N-ethyl adjacent to an activating group) is 1. The quantitative estimate of drug-likeness (QED) is 0.683. The molecular weight excluding hydrogens is 186 g/mol. The molecule has 1 aromatic rings. The average molecular weight is 199 g/mol. The number of amidine groups is 1. The van der Waals surface area contributed by atoms with Gasteiger partial charge in [0.1, 0.15) is 11.7 Å². The van der Waals surface area contributed by atoms with E-state index in [1.54, 1.807) is 18.5 Å². The van der Waals surface area contributed by atoms with Gasteiger partial charge < -0.3 is 4.90 Å². The lowest BCUT2D eigenvalue weighted by atomic mass is 10.2. The third-order valence-electron chi connectivity index (χ3n) is 2.37. The van der Waals surface area contributed by atoms with Crippen molar-refractivity contribution in [3.8, 4) is 0 Å². The molecule has 3 heteroatoms. The molecule has 0 aromatic carbocycles. The molecule has 0 spiro atoms. The maximum Gasteiger partial charge on any atom is 0.137 e. The highest BCUT2D eigenvalue weighted by molar-refractivity contribution is 6.03. The first kappa shape index (κ1) is 9.65. The zero-order valence-corrected chi connectivity index (χ0v) is 8.72. The summed E-state index contributed by atoms with van der Waals surface area (Å²) in [5.41, 5.74) is 1.23. The number of allylic oxidation sites excluding steroid dienone is 2. The van der Waals surface area contributed by atoms with Gasteiger partial charge in [-0.1, -0.05) is 18.7 Å². The molecule has 0 bridgehead atoms. The first-order chi connectivity index (χ1) is 7.33. The molecule has 0 fully saturated rings. The summed E-state index contributed by atoms with van der Waals surface area (Å²) in [4.78, 5) is 10.7. The van der Waals surface area contributed by atoms with Gasteiger partial charge in [-0.05, 0) is 12.1 Å². The maximum atomic E-state index is 4.36. The molecule has 1 aliphatic rings. The van der Waals surface area contributed by atoms with Crippen molar-refractivity contribution in [3.63, 3.8) is 0 Å². The second kappa shape index (κ2) is 4.09. The van der Waals surface area contributed by atoms with Crippen molar-refractivity contribution in [1.29, 1.82) is 0 Å². The molecule has 1 aliphatic heterocycles. The average Bonchev–Trinajstić information content (AvgIpc) is 2.57. The zero-order valence-electron chi connectivity index (χ0n) is 8.72. The standard InChI is InChI=1S/C12H13N3/c1-3-4-7-13-11-9-10-6-5-8-14-12(10)15(11)2/h3-8H,1,9H2,2H3/b7-4-,13-11?. The monoisotopic (exact) mass is 199 g/mol. The fourth-order valence-corrected chi connectivity index (χ4v) is 1.60. The SMILES string of the molecule is C=C/C=C\N=C1Cc2cccnc2N1C. The van der Waals surface area contributed by atoms with Crippen LogP contribution in [-0.2, 0) is 6.42 Å². The highest BCUT2D eigenvalue weighted by Gasteiger charge is 2.22. The summed E-state index contributed by atoms with van der Waals surface area (Å²) in [6.07, 6.45) is 7.94. The fourth-order valence-electron chi connectivity index (χ4n) is 1.60. The summed E-state index contributed by atoms with van der Waals surface area (Å²) in [5.74, 6) is 2.02. The molecule has 0 unspecified atom stereocenters. The van der Waals surface area contributed by atoms with E-state index in [2.05, 4.69) is 22.6 Å². The van der Waals surface area contributed by atoms with E-state index < -0.39 is 0 Å². The second-order valence-corrected chi connectivity index (χ2v) is 3.34. The molecule has 2 rings (SSSR count). The summed E-state index contributed by atoms with van der Waals surface area (Å²) >= 11 is 0. The summed E-state index contributed by atoms with van der Waals surface area (Å²) < 4.78 is 0. The molecule has 0 atom stereocenters. The van der Waals surface area contributed by atoms with Gasteiger partial charge in [0.05, 0.1) is 0 Å². The van der Waals surface area contributed by atoms with Crippen molar-refractivity contribution < 1.29 is 0 Å². The van der Waals surface area contributed by atoms with Gasteiger partial charge in [0.2, 0.25) is 0 Å². The van der Waals surface area contributed by atoms with E-state index in [0.29, 0.717) is 0 Å². The van der Waals surface area contributed by atoms with Crippen LogP contribution in [0.4, 0.5) is 5.82 Å². The van der Waals surface area contributed by atoms with Crippen LogP contribution in [0.1, 0.15) is 5.56 Å². The minimum atomic E-state index is 0.848. The Morgan fingerprint density at radius 1 is 1.60 bits per heavy atom. The summed E-state index contributed by atoms with van der Waals surface area (Å²) in [7, 11) is 1.99. The Morgan fingerprint density at radius 3 is 3.20 bits per heavy atom. The van der Waals surface area contributed by atoms with Crippen LogP contribution < -0.4 is 4.90 Å². The first-order valence-electron chi connectivity index (χ1n) is 4.85. The molecular formula is C12H13N3. The van der Waals surface area contributed by atoms with Crippen LogP contribution in [0.15, 0.2) is 48.3 Å². The van der Waals surface area contributed by atoms with E-state index in [-0.39, 0.29) is 0 Å². The fraction of sp³-hybridized carbons (Fsp3) is 0.167. The maximum absolute atomic E-state index is 4.36. The summed E-state index contributed by atoms with van der Waals surface area (Å²) in [6.45, 7) is 3.60. The smallest absolute Gasteiger partial charge is 0.137 e. The lowest BCUT2D eigenvalue weighted by Gasteiger charge is -2.10. The van der Waals surface area contributed by atoms with Gasteiger partial charge >= 0.3 is 0 Å². The normalized spacial score (nSPS) is 17.4. The van der Waals surface area contributed by atoms with Crippen LogP contribution in [0, 0.1) is 0 Å². The molecule has 0 saturated heterocycles. The van der Waals surface area contributed by atoms with Crippen molar-refractivity contribution in [2.75, 3.05) is 11.9 Å². The van der Waals surface area contributed by atoms with Crippen LogP contribution >= 0.6 is 0 Å². The molecule has 0 aliphatic carbocycles. The number of anilines is 1. The molecule has 2 heterocycles. The highest BCUT2D eigenvalue weighted by Crippen LogP contribution is 2.24. The Kier molecular flexibility index (Phi) is 2.63. The van der Waals surface area contributed by atoms with Crippen LogP contribution in [0.2, 0.25) is 0 Å². The van der Waals surface area contributed by atoms with E-state index in [4.69, 9.17) is 0 Å². The Labute approximate surface area is 89.5 Å². The van der Waals surface area contributed by atoms with Gasteiger partial charge in [-0.2, -0.15) is 0 Å². The van der Waals surface area contributed by atoms with Crippen molar-refractivity contribution in [3.05, 3.63) is 48.8 Å². The number of fused-ring (bicyclic) bond motifs is 1. The predicted molar refractivity (Wildman–Crippen MR) is 63.1 cm³/mol. The van der Waals surface area contributed by atoms with E-state index in [1.165, 1.54) is 5.56 Å². The van der Waals surface area contributed by atoms with Crippen molar-refractivity contribution in [2.45, 2.75) is 6.42 Å². The van der Waals surface area contributed by atoms with Gasteiger partial charge in [0.15, 0.2) is 0 Å². The minimum Gasteiger partial charge on any atom is -0.317 e. The Morgan fingerprint density at radius 2 is 2.47 bits per heavy atom. The number of nitrogens with zero attached hydrogens (tertiary/aromatic N) is 3. The number of rotatable bonds is 2. The van der Waals surface area contributed by atoms with Crippen LogP contribution in [0.3, 0.4) is 0 Å². The molecule has 0 saturated carbocycles. The number of aliphatic imine (C=N–C) groups is 1. The van der Waals surface area contributed by atoms with Crippen LogP contribution in [0.25, 0.3) is 0 Å². The van der Waals surface area contributed by atoms with Gasteiger partial charge in [-0.3, -0.25) is 0 Å².